The van der Waals surface area contributed by atoms with Crippen LogP contribution in [-0.2, 0) is 6.61 Å². The van der Waals surface area contributed by atoms with Crippen LogP contribution >= 0.6 is 0 Å². The Hall–Kier alpha value is -1.22. The Morgan fingerprint density at radius 3 is 2.60 bits per heavy atom. The highest BCUT2D eigenvalue weighted by molar-refractivity contribution is 5.59. The van der Waals surface area contributed by atoms with Crippen LogP contribution in [0.5, 0.6) is 0 Å². The predicted octanol–water partition coefficient (Wildman–Crippen LogP) is 1.75. The second-order valence-corrected chi connectivity index (χ2v) is 4.09. The lowest BCUT2D eigenvalue weighted by Gasteiger charge is -2.30. The first kappa shape index (κ1) is 10.3. The largest absolute Gasteiger partial charge is 0.399 e. The Morgan fingerprint density at radius 2 is 1.93 bits per heavy atom. The second kappa shape index (κ2) is 4.53. The molecule has 0 spiro atoms. The number of aliphatic hydroxyl groups excluding tert-OH is 1. The number of nitrogens with zero attached hydrogens (tertiary/aromatic N) is 1. The second-order valence-electron chi connectivity index (χ2n) is 4.09. The molecule has 1 aromatic rings. The molecule has 3 heteroatoms. The zero-order valence-corrected chi connectivity index (χ0v) is 8.95. The van der Waals surface area contributed by atoms with Crippen molar-refractivity contribution in [1.82, 2.24) is 0 Å². The minimum atomic E-state index is 0.0663. The van der Waals surface area contributed by atoms with Gasteiger partial charge in [-0.3, -0.25) is 0 Å². The molecule has 3 N–H and O–H groups in total. The lowest BCUT2D eigenvalue weighted by Crippen LogP contribution is -2.30. The van der Waals surface area contributed by atoms with Gasteiger partial charge < -0.3 is 15.7 Å². The third-order valence-corrected chi connectivity index (χ3v) is 2.97. The molecule has 0 bridgehead atoms. The maximum atomic E-state index is 9.29. The summed E-state index contributed by atoms with van der Waals surface area (Å²) in [5, 5.41) is 9.29. The van der Waals surface area contributed by atoms with Gasteiger partial charge in [-0.2, -0.15) is 0 Å². The Bertz CT molecular complexity index is 332. The van der Waals surface area contributed by atoms with Gasteiger partial charge in [-0.15, -0.1) is 0 Å². The molecule has 0 aliphatic carbocycles. The topological polar surface area (TPSA) is 49.5 Å². The van der Waals surface area contributed by atoms with Gasteiger partial charge in [0.1, 0.15) is 0 Å². The van der Waals surface area contributed by atoms with E-state index in [1.54, 1.807) is 0 Å². The van der Waals surface area contributed by atoms with Crippen LogP contribution in [0.1, 0.15) is 24.8 Å². The van der Waals surface area contributed by atoms with Gasteiger partial charge in [-0.25, -0.2) is 0 Å². The average Bonchev–Trinajstić information content (AvgIpc) is 2.30. The van der Waals surface area contributed by atoms with Gasteiger partial charge >= 0.3 is 0 Å². The third kappa shape index (κ3) is 2.23. The molecule has 3 nitrogen and oxygen atoms in total. The summed E-state index contributed by atoms with van der Waals surface area (Å²) in [6.45, 7) is 2.25. The lowest BCUT2D eigenvalue weighted by atomic mass is 10.1. The van der Waals surface area contributed by atoms with Gasteiger partial charge in [0.25, 0.3) is 0 Å². The van der Waals surface area contributed by atoms with Crippen molar-refractivity contribution in [2.45, 2.75) is 25.9 Å². The number of piperidine rings is 1. The van der Waals surface area contributed by atoms with E-state index in [0.717, 1.165) is 30.0 Å². The lowest BCUT2D eigenvalue weighted by molar-refractivity contribution is 0.282. The molecule has 82 valence electrons. The summed E-state index contributed by atoms with van der Waals surface area (Å²) in [7, 11) is 0. The molecular weight excluding hydrogens is 188 g/mol. The van der Waals surface area contributed by atoms with E-state index in [9.17, 15) is 5.11 Å². The minimum Gasteiger partial charge on any atom is -0.399 e. The highest BCUT2D eigenvalue weighted by atomic mass is 16.3. The molecule has 15 heavy (non-hydrogen) atoms. The molecule has 1 aliphatic heterocycles. The summed E-state index contributed by atoms with van der Waals surface area (Å²) in [4.78, 5) is 2.34. The Morgan fingerprint density at radius 1 is 1.20 bits per heavy atom. The molecule has 1 fully saturated rings. The van der Waals surface area contributed by atoms with E-state index in [1.807, 2.05) is 18.2 Å². The van der Waals surface area contributed by atoms with E-state index in [4.69, 9.17) is 5.73 Å². The number of anilines is 2. The number of rotatable bonds is 2. The number of hydrogen-bond acceptors (Lipinski definition) is 3. The first-order valence-corrected chi connectivity index (χ1v) is 5.55. The van der Waals surface area contributed by atoms with Gasteiger partial charge in [0, 0.05) is 30.0 Å². The van der Waals surface area contributed by atoms with Crippen LogP contribution in [0.15, 0.2) is 18.2 Å². The van der Waals surface area contributed by atoms with E-state index < -0.39 is 0 Å². The number of aliphatic hydroxyl groups is 1. The van der Waals surface area contributed by atoms with Crippen LogP contribution in [-0.4, -0.2) is 18.2 Å². The first-order chi connectivity index (χ1) is 7.31. The van der Waals surface area contributed by atoms with Crippen LogP contribution in [0.4, 0.5) is 11.4 Å². The molecule has 0 aromatic heterocycles. The van der Waals surface area contributed by atoms with Crippen LogP contribution in [0.3, 0.4) is 0 Å². The van der Waals surface area contributed by atoms with Gasteiger partial charge in [0.15, 0.2) is 0 Å². The van der Waals surface area contributed by atoms with Crippen LogP contribution < -0.4 is 10.6 Å². The molecule has 1 heterocycles. The van der Waals surface area contributed by atoms with Gasteiger partial charge in [0.2, 0.25) is 0 Å². The molecule has 0 saturated carbocycles. The average molecular weight is 206 g/mol. The minimum absolute atomic E-state index is 0.0663. The summed E-state index contributed by atoms with van der Waals surface area (Å²) in [5.74, 6) is 0. The highest BCUT2D eigenvalue weighted by Crippen LogP contribution is 2.26. The maximum Gasteiger partial charge on any atom is 0.0702 e. The number of hydrogen-bond donors (Lipinski definition) is 2. The fourth-order valence-electron chi connectivity index (χ4n) is 2.18. The van der Waals surface area contributed by atoms with Crippen LogP contribution in [0.2, 0.25) is 0 Å². The van der Waals surface area contributed by atoms with Gasteiger partial charge in [-0.1, -0.05) is 0 Å². The van der Waals surface area contributed by atoms with Crippen molar-refractivity contribution in [2.75, 3.05) is 23.7 Å². The zero-order valence-electron chi connectivity index (χ0n) is 8.95. The molecule has 0 amide bonds. The van der Waals surface area contributed by atoms with Crippen molar-refractivity contribution in [3.63, 3.8) is 0 Å². The summed E-state index contributed by atoms with van der Waals surface area (Å²) in [6.07, 6.45) is 3.81. The van der Waals surface area contributed by atoms with Crippen molar-refractivity contribution in [3.8, 4) is 0 Å². The number of benzene rings is 1. The smallest absolute Gasteiger partial charge is 0.0702 e. The van der Waals surface area contributed by atoms with Crippen molar-refractivity contribution in [1.29, 1.82) is 0 Å². The van der Waals surface area contributed by atoms with E-state index in [-0.39, 0.29) is 6.61 Å². The fraction of sp³-hybridized carbons (Fsp3) is 0.500. The summed E-state index contributed by atoms with van der Waals surface area (Å²) < 4.78 is 0. The Kier molecular flexibility index (Phi) is 3.11. The molecule has 0 radical (unpaired) electrons. The zero-order chi connectivity index (χ0) is 10.7. The summed E-state index contributed by atoms with van der Waals surface area (Å²) >= 11 is 0. The molecular formula is C12H18N2O. The standard InChI is InChI=1S/C12H18N2O/c13-11-4-5-12(10(8-11)9-15)14-6-2-1-3-7-14/h4-5,8,15H,1-3,6-7,9,13H2. The van der Waals surface area contributed by atoms with E-state index in [0.29, 0.717) is 0 Å². The quantitative estimate of drug-likeness (QED) is 0.725. The van der Waals surface area contributed by atoms with Crippen molar-refractivity contribution in [2.24, 2.45) is 0 Å². The Balaban J connectivity index is 2.25. The van der Waals surface area contributed by atoms with Crippen LogP contribution in [0, 0.1) is 0 Å². The predicted molar refractivity (Wildman–Crippen MR) is 62.8 cm³/mol. The molecule has 0 unspecified atom stereocenters. The summed E-state index contributed by atoms with van der Waals surface area (Å²) in [5.41, 5.74) is 8.51. The highest BCUT2D eigenvalue weighted by Gasteiger charge is 2.13. The molecule has 1 saturated heterocycles. The first-order valence-electron chi connectivity index (χ1n) is 5.55. The summed E-state index contributed by atoms with van der Waals surface area (Å²) in [6, 6.07) is 5.79. The van der Waals surface area contributed by atoms with Gasteiger partial charge in [0.05, 0.1) is 6.61 Å². The fourth-order valence-corrected chi connectivity index (χ4v) is 2.18. The van der Waals surface area contributed by atoms with Crippen molar-refractivity contribution in [3.05, 3.63) is 23.8 Å². The Labute approximate surface area is 90.5 Å². The number of nitrogen functional groups attached to an aromatic ring is 1. The maximum absolute atomic E-state index is 9.29. The normalized spacial score (nSPS) is 16.7. The van der Waals surface area contributed by atoms with E-state index >= 15 is 0 Å². The number of nitrogens with two attached hydrogens (primary N) is 1. The van der Waals surface area contributed by atoms with Gasteiger partial charge in [-0.05, 0) is 37.5 Å². The molecule has 0 atom stereocenters. The monoisotopic (exact) mass is 206 g/mol. The SMILES string of the molecule is Nc1ccc(N2CCCCC2)c(CO)c1. The molecule has 1 aliphatic rings. The molecule has 2 rings (SSSR count). The third-order valence-electron chi connectivity index (χ3n) is 2.97. The van der Waals surface area contributed by atoms with Crippen molar-refractivity contribution < 1.29 is 5.11 Å². The van der Waals surface area contributed by atoms with Crippen molar-refractivity contribution >= 4 is 11.4 Å². The van der Waals surface area contributed by atoms with E-state index in [2.05, 4.69) is 4.90 Å². The van der Waals surface area contributed by atoms with Crippen LogP contribution in [0.25, 0.3) is 0 Å². The van der Waals surface area contributed by atoms with E-state index in [1.165, 1.54) is 19.3 Å². The molecule has 1 aromatic carbocycles.